The number of likely N-dealkylation sites (tertiary alicyclic amines) is 1. The number of carboxylic acids is 1. The molecule has 1 fully saturated rings. The van der Waals surface area contributed by atoms with Gasteiger partial charge in [-0.1, -0.05) is 0 Å². The summed E-state index contributed by atoms with van der Waals surface area (Å²) in [6.45, 7) is 4.64. The summed E-state index contributed by atoms with van der Waals surface area (Å²) in [6.07, 6.45) is 4.92. The highest BCUT2D eigenvalue weighted by atomic mass is 16.4. The number of carboxylic acid groups (broad SMARTS) is 1. The van der Waals surface area contributed by atoms with Crippen molar-refractivity contribution >= 4 is 11.9 Å². The van der Waals surface area contributed by atoms with Crippen LogP contribution in [-0.4, -0.2) is 44.8 Å². The standard InChI is InChI=1S/C14H21N3O3/c1-14(2,13(19)20)11-5-4-6-17(9-11)12(18)10-7-15-16(3)8-10/h7-8,11H,4-6,9H2,1-3H3,(H,19,20). The van der Waals surface area contributed by atoms with E-state index in [1.165, 1.54) is 0 Å². The maximum absolute atomic E-state index is 12.4. The van der Waals surface area contributed by atoms with E-state index >= 15 is 0 Å². The van der Waals surface area contributed by atoms with Crippen molar-refractivity contribution in [3.8, 4) is 0 Å². The largest absolute Gasteiger partial charge is 0.481 e. The summed E-state index contributed by atoms with van der Waals surface area (Å²) in [5, 5.41) is 13.3. The zero-order valence-electron chi connectivity index (χ0n) is 12.2. The summed E-state index contributed by atoms with van der Waals surface area (Å²) in [4.78, 5) is 25.5. The summed E-state index contributed by atoms with van der Waals surface area (Å²) in [7, 11) is 1.77. The zero-order chi connectivity index (χ0) is 14.9. The van der Waals surface area contributed by atoms with Gasteiger partial charge in [-0.3, -0.25) is 14.3 Å². The molecule has 1 N–H and O–H groups in total. The molecule has 110 valence electrons. The van der Waals surface area contributed by atoms with Crippen molar-refractivity contribution in [2.45, 2.75) is 26.7 Å². The maximum atomic E-state index is 12.4. The third-order valence-electron chi connectivity index (χ3n) is 4.23. The van der Waals surface area contributed by atoms with Gasteiger partial charge in [0.05, 0.1) is 17.2 Å². The van der Waals surface area contributed by atoms with Gasteiger partial charge in [0.2, 0.25) is 0 Å². The number of nitrogens with zero attached hydrogens (tertiary/aromatic N) is 3. The van der Waals surface area contributed by atoms with E-state index in [4.69, 9.17) is 0 Å². The van der Waals surface area contributed by atoms with Crippen LogP contribution in [0.2, 0.25) is 0 Å². The molecule has 1 unspecified atom stereocenters. The van der Waals surface area contributed by atoms with Crippen molar-refractivity contribution in [2.24, 2.45) is 18.4 Å². The molecule has 2 heterocycles. The first-order valence-corrected chi connectivity index (χ1v) is 6.83. The fraction of sp³-hybridized carbons (Fsp3) is 0.643. The van der Waals surface area contributed by atoms with Crippen LogP contribution in [0.4, 0.5) is 0 Å². The minimum Gasteiger partial charge on any atom is -0.481 e. The lowest BCUT2D eigenvalue weighted by Gasteiger charge is -2.39. The Morgan fingerprint density at radius 1 is 1.45 bits per heavy atom. The molecule has 6 nitrogen and oxygen atoms in total. The van der Waals surface area contributed by atoms with E-state index in [1.807, 2.05) is 0 Å². The minimum atomic E-state index is -0.812. The highest BCUT2D eigenvalue weighted by Gasteiger charge is 2.40. The number of carbonyl (C=O) groups is 2. The van der Waals surface area contributed by atoms with E-state index in [-0.39, 0.29) is 11.8 Å². The Morgan fingerprint density at radius 2 is 2.15 bits per heavy atom. The summed E-state index contributed by atoms with van der Waals surface area (Å²) < 4.78 is 1.59. The molecule has 1 atom stereocenters. The van der Waals surface area contributed by atoms with Gasteiger partial charge in [-0.2, -0.15) is 5.10 Å². The topological polar surface area (TPSA) is 75.4 Å². The smallest absolute Gasteiger partial charge is 0.309 e. The maximum Gasteiger partial charge on any atom is 0.309 e. The summed E-state index contributed by atoms with van der Waals surface area (Å²) in [5.74, 6) is -0.892. The van der Waals surface area contributed by atoms with Crippen LogP contribution in [0.15, 0.2) is 12.4 Å². The number of aryl methyl sites for hydroxylation is 1. The van der Waals surface area contributed by atoms with Crippen LogP contribution in [0, 0.1) is 11.3 Å². The van der Waals surface area contributed by atoms with E-state index < -0.39 is 11.4 Å². The van der Waals surface area contributed by atoms with Crippen LogP contribution >= 0.6 is 0 Å². The van der Waals surface area contributed by atoms with E-state index in [0.717, 1.165) is 12.8 Å². The zero-order valence-corrected chi connectivity index (χ0v) is 12.2. The fourth-order valence-corrected chi connectivity index (χ4v) is 2.64. The lowest BCUT2D eigenvalue weighted by Crippen LogP contribution is -2.46. The van der Waals surface area contributed by atoms with Crippen molar-refractivity contribution in [1.82, 2.24) is 14.7 Å². The third-order valence-corrected chi connectivity index (χ3v) is 4.23. The Hall–Kier alpha value is -1.85. The first-order valence-electron chi connectivity index (χ1n) is 6.83. The first kappa shape index (κ1) is 14.6. The lowest BCUT2D eigenvalue weighted by atomic mass is 9.74. The van der Waals surface area contributed by atoms with Crippen LogP contribution in [0.5, 0.6) is 0 Å². The molecule has 20 heavy (non-hydrogen) atoms. The summed E-state index contributed by atoms with van der Waals surface area (Å²) in [5.41, 5.74) is -0.255. The predicted octanol–water partition coefficient (Wildman–Crippen LogP) is 1.38. The average molecular weight is 279 g/mol. The normalized spacial score (nSPS) is 19.9. The molecular formula is C14H21N3O3. The van der Waals surface area contributed by atoms with Crippen molar-refractivity contribution in [3.63, 3.8) is 0 Å². The average Bonchev–Trinajstić information content (AvgIpc) is 2.84. The number of rotatable bonds is 3. The summed E-state index contributed by atoms with van der Waals surface area (Å²) in [6, 6.07) is 0. The molecule has 2 rings (SSSR count). The van der Waals surface area contributed by atoms with Crippen molar-refractivity contribution < 1.29 is 14.7 Å². The number of carbonyl (C=O) groups excluding carboxylic acids is 1. The number of hydrogen-bond acceptors (Lipinski definition) is 3. The molecular weight excluding hydrogens is 258 g/mol. The quantitative estimate of drug-likeness (QED) is 0.907. The van der Waals surface area contributed by atoms with Crippen LogP contribution in [0.25, 0.3) is 0 Å². The molecule has 0 radical (unpaired) electrons. The third kappa shape index (κ3) is 2.69. The van der Waals surface area contributed by atoms with E-state index in [1.54, 1.807) is 42.9 Å². The Labute approximate surface area is 118 Å². The van der Waals surface area contributed by atoms with Gasteiger partial charge in [0.15, 0.2) is 0 Å². The van der Waals surface area contributed by atoms with Crippen LogP contribution in [0.1, 0.15) is 37.0 Å². The molecule has 0 aromatic carbocycles. The monoisotopic (exact) mass is 279 g/mol. The van der Waals surface area contributed by atoms with Crippen LogP contribution in [-0.2, 0) is 11.8 Å². The van der Waals surface area contributed by atoms with Gasteiger partial charge in [0, 0.05) is 26.3 Å². The SMILES string of the molecule is Cn1cc(C(=O)N2CCCC(C(C)(C)C(=O)O)C2)cn1. The molecule has 6 heteroatoms. The van der Waals surface area contributed by atoms with Gasteiger partial charge in [-0.25, -0.2) is 0 Å². The lowest BCUT2D eigenvalue weighted by molar-refractivity contribution is -0.151. The highest BCUT2D eigenvalue weighted by molar-refractivity contribution is 5.93. The van der Waals surface area contributed by atoms with E-state index in [0.29, 0.717) is 18.7 Å². The molecule has 1 aromatic rings. The number of aromatic nitrogens is 2. The Balaban J connectivity index is 2.11. The molecule has 0 bridgehead atoms. The Kier molecular flexibility index (Phi) is 3.83. The van der Waals surface area contributed by atoms with Gasteiger partial charge in [0.25, 0.3) is 5.91 Å². The Morgan fingerprint density at radius 3 is 2.70 bits per heavy atom. The summed E-state index contributed by atoms with van der Waals surface area (Å²) >= 11 is 0. The van der Waals surface area contributed by atoms with Crippen molar-refractivity contribution in [2.75, 3.05) is 13.1 Å². The predicted molar refractivity (Wildman–Crippen MR) is 73.3 cm³/mol. The molecule has 1 amide bonds. The molecule has 0 aliphatic carbocycles. The fourth-order valence-electron chi connectivity index (χ4n) is 2.64. The van der Waals surface area contributed by atoms with Gasteiger partial charge in [-0.05, 0) is 32.6 Å². The number of piperidine rings is 1. The number of aliphatic carboxylic acids is 1. The molecule has 0 spiro atoms. The van der Waals surface area contributed by atoms with Crippen molar-refractivity contribution in [1.29, 1.82) is 0 Å². The van der Waals surface area contributed by atoms with Crippen LogP contribution in [0.3, 0.4) is 0 Å². The van der Waals surface area contributed by atoms with Gasteiger partial charge in [-0.15, -0.1) is 0 Å². The second-order valence-corrected chi connectivity index (χ2v) is 6.02. The van der Waals surface area contributed by atoms with Crippen LogP contribution < -0.4 is 0 Å². The highest BCUT2D eigenvalue weighted by Crippen LogP contribution is 2.34. The second-order valence-electron chi connectivity index (χ2n) is 6.02. The Bertz CT molecular complexity index is 521. The van der Waals surface area contributed by atoms with Gasteiger partial charge in [0.1, 0.15) is 0 Å². The molecule has 0 saturated carbocycles. The number of hydrogen-bond donors (Lipinski definition) is 1. The van der Waals surface area contributed by atoms with Gasteiger partial charge >= 0.3 is 5.97 Å². The second kappa shape index (κ2) is 5.26. The number of amides is 1. The molecule has 1 saturated heterocycles. The van der Waals surface area contributed by atoms with Crippen molar-refractivity contribution in [3.05, 3.63) is 18.0 Å². The van der Waals surface area contributed by atoms with E-state index in [9.17, 15) is 14.7 Å². The molecule has 1 aliphatic heterocycles. The first-order chi connectivity index (χ1) is 9.32. The van der Waals surface area contributed by atoms with Gasteiger partial charge < -0.3 is 10.0 Å². The molecule has 1 aromatic heterocycles. The molecule has 1 aliphatic rings. The van der Waals surface area contributed by atoms with E-state index in [2.05, 4.69) is 5.10 Å². The minimum absolute atomic E-state index is 0.0191.